The molecule has 102 valence electrons. The Morgan fingerprint density at radius 2 is 2.40 bits per heavy atom. The van der Waals surface area contributed by atoms with Crippen LogP contribution in [-0.4, -0.2) is 32.7 Å². The summed E-state index contributed by atoms with van der Waals surface area (Å²) in [4.78, 5) is 19.9. The molecule has 0 saturated carbocycles. The number of thiazole rings is 1. The van der Waals surface area contributed by atoms with Crippen molar-refractivity contribution in [1.82, 2.24) is 20.2 Å². The minimum absolute atomic E-state index is 0.152. The number of carbonyl (C=O) groups excluding carboxylic acids is 1. The van der Waals surface area contributed by atoms with Crippen molar-refractivity contribution < 1.29 is 9.53 Å². The van der Waals surface area contributed by atoms with Crippen LogP contribution >= 0.6 is 11.3 Å². The first kappa shape index (κ1) is 12.5. The smallest absolute Gasteiger partial charge is 0.294 e. The molecule has 1 aromatic carbocycles. The molecule has 20 heavy (non-hydrogen) atoms. The van der Waals surface area contributed by atoms with Crippen molar-refractivity contribution in [2.75, 3.05) is 11.9 Å². The lowest BCUT2D eigenvalue weighted by Crippen LogP contribution is -2.13. The first-order valence-corrected chi connectivity index (χ1v) is 6.78. The van der Waals surface area contributed by atoms with E-state index in [4.69, 9.17) is 4.74 Å². The Morgan fingerprint density at radius 1 is 1.50 bits per heavy atom. The number of hydrogen-bond donors (Lipinski definition) is 2. The number of nitrogens with zero attached hydrogens (tertiary/aromatic N) is 3. The molecule has 0 atom stereocenters. The van der Waals surface area contributed by atoms with Gasteiger partial charge in [0, 0.05) is 0 Å². The third-order valence-electron chi connectivity index (χ3n) is 2.52. The first-order chi connectivity index (χ1) is 9.76. The second-order valence-corrected chi connectivity index (χ2v) is 4.90. The number of ether oxygens (including phenoxy) is 1. The van der Waals surface area contributed by atoms with Crippen LogP contribution in [0.4, 0.5) is 5.13 Å². The summed E-state index contributed by atoms with van der Waals surface area (Å²) in [6, 6.07) is 5.62. The topological polar surface area (TPSA) is 92.8 Å². The van der Waals surface area contributed by atoms with Crippen LogP contribution in [0.3, 0.4) is 0 Å². The van der Waals surface area contributed by atoms with Gasteiger partial charge in [-0.1, -0.05) is 11.3 Å². The van der Waals surface area contributed by atoms with Crippen LogP contribution in [0, 0.1) is 0 Å². The second kappa shape index (κ2) is 5.25. The summed E-state index contributed by atoms with van der Waals surface area (Å²) in [5, 5.41) is 9.32. The van der Waals surface area contributed by atoms with Crippen molar-refractivity contribution in [2.24, 2.45) is 0 Å². The Labute approximate surface area is 118 Å². The second-order valence-electron chi connectivity index (χ2n) is 3.87. The number of aromatic nitrogens is 4. The van der Waals surface area contributed by atoms with E-state index < -0.39 is 0 Å². The Hall–Kier alpha value is -2.48. The summed E-state index contributed by atoms with van der Waals surface area (Å²) in [5.41, 5.74) is 0.811. The zero-order valence-corrected chi connectivity index (χ0v) is 11.4. The highest BCUT2D eigenvalue weighted by Crippen LogP contribution is 2.29. The molecule has 0 radical (unpaired) electrons. The van der Waals surface area contributed by atoms with E-state index in [-0.39, 0.29) is 11.7 Å². The number of anilines is 1. The van der Waals surface area contributed by atoms with Crippen molar-refractivity contribution in [3.63, 3.8) is 0 Å². The molecule has 2 aromatic heterocycles. The van der Waals surface area contributed by atoms with Gasteiger partial charge < -0.3 is 4.74 Å². The summed E-state index contributed by atoms with van der Waals surface area (Å²) >= 11 is 1.38. The van der Waals surface area contributed by atoms with Crippen LogP contribution in [0.15, 0.2) is 24.5 Å². The summed E-state index contributed by atoms with van der Waals surface area (Å²) in [6.07, 6.45) is 1.28. The van der Waals surface area contributed by atoms with E-state index in [9.17, 15) is 4.79 Å². The quantitative estimate of drug-likeness (QED) is 0.767. The maximum atomic E-state index is 11.8. The zero-order valence-electron chi connectivity index (χ0n) is 10.6. The van der Waals surface area contributed by atoms with Crippen molar-refractivity contribution >= 4 is 32.6 Å². The number of amides is 1. The van der Waals surface area contributed by atoms with Crippen LogP contribution < -0.4 is 10.1 Å². The normalized spacial score (nSPS) is 10.7. The lowest BCUT2D eigenvalue weighted by atomic mass is 10.3. The minimum atomic E-state index is -0.369. The third kappa shape index (κ3) is 2.45. The molecule has 0 saturated heterocycles. The number of aromatic amines is 1. The highest BCUT2D eigenvalue weighted by molar-refractivity contribution is 7.22. The largest absolute Gasteiger partial charge is 0.494 e. The number of nitrogens with one attached hydrogen (secondary N) is 2. The summed E-state index contributed by atoms with van der Waals surface area (Å²) < 4.78 is 6.38. The van der Waals surface area contributed by atoms with Gasteiger partial charge in [0.25, 0.3) is 5.91 Å². The van der Waals surface area contributed by atoms with Gasteiger partial charge in [-0.05, 0) is 25.1 Å². The van der Waals surface area contributed by atoms with Gasteiger partial charge in [-0.3, -0.25) is 15.2 Å². The van der Waals surface area contributed by atoms with E-state index >= 15 is 0 Å². The molecule has 3 rings (SSSR count). The van der Waals surface area contributed by atoms with Crippen LogP contribution in [0.1, 0.15) is 17.5 Å². The zero-order chi connectivity index (χ0) is 13.9. The molecule has 0 unspecified atom stereocenters. The molecular formula is C12H11N5O2S. The van der Waals surface area contributed by atoms with Gasteiger partial charge in [-0.15, -0.1) is 0 Å². The van der Waals surface area contributed by atoms with Gasteiger partial charge in [-0.25, -0.2) is 9.97 Å². The number of hydrogen-bond acceptors (Lipinski definition) is 6. The standard InChI is InChI=1S/C12H11N5O2S/c1-2-19-7-3-4-8-9(5-7)20-12(15-8)16-11(18)10-13-6-14-17-10/h3-6H,2H2,1H3,(H,13,14,17)(H,15,16,18). The molecule has 0 bridgehead atoms. The van der Waals surface area contributed by atoms with Crippen molar-refractivity contribution in [1.29, 1.82) is 0 Å². The minimum Gasteiger partial charge on any atom is -0.494 e. The average molecular weight is 289 g/mol. The number of fused-ring (bicyclic) bond motifs is 1. The molecule has 2 N–H and O–H groups in total. The van der Waals surface area contributed by atoms with Crippen LogP contribution in [0.25, 0.3) is 10.2 Å². The molecule has 1 amide bonds. The first-order valence-electron chi connectivity index (χ1n) is 5.96. The van der Waals surface area contributed by atoms with Gasteiger partial charge >= 0.3 is 0 Å². The highest BCUT2D eigenvalue weighted by atomic mass is 32.1. The molecule has 0 fully saturated rings. The molecule has 8 heteroatoms. The van der Waals surface area contributed by atoms with Gasteiger partial charge in [-0.2, -0.15) is 5.10 Å². The van der Waals surface area contributed by atoms with Crippen molar-refractivity contribution in [3.05, 3.63) is 30.4 Å². The SMILES string of the molecule is CCOc1ccc2nc(NC(=O)c3ncn[nH]3)sc2c1. The molecule has 7 nitrogen and oxygen atoms in total. The predicted molar refractivity (Wildman–Crippen MR) is 75.1 cm³/mol. The molecule has 3 aromatic rings. The number of H-pyrrole nitrogens is 1. The maximum Gasteiger partial charge on any atom is 0.294 e. The Kier molecular flexibility index (Phi) is 3.30. The number of benzene rings is 1. The van der Waals surface area contributed by atoms with E-state index in [2.05, 4.69) is 25.5 Å². The van der Waals surface area contributed by atoms with E-state index in [1.165, 1.54) is 17.7 Å². The monoisotopic (exact) mass is 289 g/mol. The molecule has 0 aliphatic carbocycles. The predicted octanol–water partition coefficient (Wildman–Crippen LogP) is 2.07. The summed E-state index contributed by atoms with van der Waals surface area (Å²) in [6.45, 7) is 2.54. The maximum absolute atomic E-state index is 11.8. The lowest BCUT2D eigenvalue weighted by molar-refractivity contribution is 0.101. The van der Waals surface area contributed by atoms with E-state index in [1.54, 1.807) is 0 Å². The fourth-order valence-corrected chi connectivity index (χ4v) is 2.58. The van der Waals surface area contributed by atoms with Gasteiger partial charge in [0.1, 0.15) is 12.1 Å². The van der Waals surface area contributed by atoms with E-state index in [0.717, 1.165) is 16.0 Å². The van der Waals surface area contributed by atoms with Crippen molar-refractivity contribution in [3.8, 4) is 5.75 Å². The fraction of sp³-hybridized carbons (Fsp3) is 0.167. The molecule has 0 aliphatic heterocycles. The van der Waals surface area contributed by atoms with Gasteiger partial charge in [0.15, 0.2) is 5.13 Å². The summed E-state index contributed by atoms with van der Waals surface area (Å²) in [5.74, 6) is 0.572. The Balaban J connectivity index is 1.84. The number of carbonyl (C=O) groups is 1. The molecular weight excluding hydrogens is 278 g/mol. The average Bonchev–Trinajstić information content (AvgIpc) is 3.06. The molecule has 0 aliphatic rings. The van der Waals surface area contributed by atoms with Crippen LogP contribution in [0.2, 0.25) is 0 Å². The van der Waals surface area contributed by atoms with E-state index in [1.807, 2.05) is 25.1 Å². The van der Waals surface area contributed by atoms with Crippen LogP contribution in [-0.2, 0) is 0 Å². The van der Waals surface area contributed by atoms with Crippen molar-refractivity contribution in [2.45, 2.75) is 6.92 Å². The van der Waals surface area contributed by atoms with Crippen LogP contribution in [0.5, 0.6) is 5.75 Å². The molecule has 0 spiro atoms. The third-order valence-corrected chi connectivity index (χ3v) is 3.46. The Morgan fingerprint density at radius 3 is 3.15 bits per heavy atom. The summed E-state index contributed by atoms with van der Waals surface area (Å²) in [7, 11) is 0. The fourth-order valence-electron chi connectivity index (χ4n) is 1.69. The Bertz CT molecular complexity index is 737. The number of rotatable bonds is 4. The van der Waals surface area contributed by atoms with Gasteiger partial charge in [0.2, 0.25) is 5.82 Å². The lowest BCUT2D eigenvalue weighted by Gasteiger charge is -2.00. The molecule has 2 heterocycles. The van der Waals surface area contributed by atoms with E-state index in [0.29, 0.717) is 11.7 Å². The van der Waals surface area contributed by atoms with Gasteiger partial charge in [0.05, 0.1) is 16.8 Å². The highest BCUT2D eigenvalue weighted by Gasteiger charge is 2.12.